The summed E-state index contributed by atoms with van der Waals surface area (Å²) >= 11 is 0. The standard InChI is InChI=1S/C11H17N3O/c12-11(13)6-7-14(8-9-15)10-4-2-1-3-5-10/h1-5,15H,6-9H2,(H3,12,13). The summed E-state index contributed by atoms with van der Waals surface area (Å²) in [6.07, 6.45) is 0.523. The summed E-state index contributed by atoms with van der Waals surface area (Å²) in [5.41, 5.74) is 6.36. The van der Waals surface area contributed by atoms with Gasteiger partial charge < -0.3 is 15.7 Å². The maximum atomic E-state index is 8.94. The van der Waals surface area contributed by atoms with E-state index in [0.717, 1.165) is 5.69 Å². The number of anilines is 1. The second-order valence-corrected chi connectivity index (χ2v) is 3.32. The highest BCUT2D eigenvalue weighted by atomic mass is 16.3. The Kier molecular flexibility index (Phi) is 4.63. The van der Waals surface area contributed by atoms with Crippen molar-refractivity contribution in [3.8, 4) is 0 Å². The minimum absolute atomic E-state index is 0.104. The van der Waals surface area contributed by atoms with Crippen molar-refractivity contribution in [3.05, 3.63) is 30.3 Å². The number of nitrogens with two attached hydrogens (primary N) is 1. The van der Waals surface area contributed by atoms with Gasteiger partial charge in [0.25, 0.3) is 0 Å². The van der Waals surface area contributed by atoms with Crippen molar-refractivity contribution in [2.75, 3.05) is 24.6 Å². The number of amidine groups is 1. The first-order valence-electron chi connectivity index (χ1n) is 4.98. The van der Waals surface area contributed by atoms with Crippen LogP contribution in [0.2, 0.25) is 0 Å². The summed E-state index contributed by atoms with van der Waals surface area (Å²) in [4.78, 5) is 2.02. The fourth-order valence-corrected chi connectivity index (χ4v) is 1.38. The van der Waals surface area contributed by atoms with Crippen molar-refractivity contribution >= 4 is 11.5 Å². The number of benzene rings is 1. The molecule has 15 heavy (non-hydrogen) atoms. The van der Waals surface area contributed by atoms with Gasteiger partial charge in [0.15, 0.2) is 0 Å². The molecule has 1 rings (SSSR count). The highest BCUT2D eigenvalue weighted by Gasteiger charge is 2.05. The number of nitrogens with zero attached hydrogens (tertiary/aromatic N) is 1. The number of para-hydroxylation sites is 1. The minimum Gasteiger partial charge on any atom is -0.395 e. The van der Waals surface area contributed by atoms with Gasteiger partial charge in [0.1, 0.15) is 0 Å². The highest BCUT2D eigenvalue weighted by molar-refractivity contribution is 5.77. The van der Waals surface area contributed by atoms with Crippen LogP contribution in [0.3, 0.4) is 0 Å². The van der Waals surface area contributed by atoms with Crippen molar-refractivity contribution in [3.63, 3.8) is 0 Å². The number of aliphatic hydroxyl groups excluding tert-OH is 1. The van der Waals surface area contributed by atoms with Crippen molar-refractivity contribution < 1.29 is 5.11 Å². The van der Waals surface area contributed by atoms with Crippen LogP contribution in [0.15, 0.2) is 30.3 Å². The largest absolute Gasteiger partial charge is 0.395 e. The van der Waals surface area contributed by atoms with Crippen molar-refractivity contribution in [1.29, 1.82) is 5.41 Å². The topological polar surface area (TPSA) is 73.3 Å². The Morgan fingerprint density at radius 1 is 1.27 bits per heavy atom. The molecule has 0 unspecified atom stereocenters. The van der Waals surface area contributed by atoms with Gasteiger partial charge in [-0.15, -0.1) is 0 Å². The molecule has 4 heteroatoms. The first kappa shape index (κ1) is 11.5. The molecule has 0 saturated heterocycles. The number of hydrogen-bond donors (Lipinski definition) is 3. The molecule has 82 valence electrons. The van der Waals surface area contributed by atoms with E-state index in [4.69, 9.17) is 16.2 Å². The fourth-order valence-electron chi connectivity index (χ4n) is 1.38. The zero-order chi connectivity index (χ0) is 11.1. The van der Waals surface area contributed by atoms with Crippen LogP contribution in [0.4, 0.5) is 5.69 Å². The SMILES string of the molecule is N=C(N)CCN(CCO)c1ccccc1. The fraction of sp³-hybridized carbons (Fsp3) is 0.364. The van der Waals surface area contributed by atoms with E-state index >= 15 is 0 Å². The Hall–Kier alpha value is -1.55. The van der Waals surface area contributed by atoms with Gasteiger partial charge in [0, 0.05) is 25.2 Å². The van der Waals surface area contributed by atoms with Crippen LogP contribution in [0.5, 0.6) is 0 Å². The Morgan fingerprint density at radius 2 is 1.93 bits per heavy atom. The molecule has 0 fully saturated rings. The van der Waals surface area contributed by atoms with Gasteiger partial charge in [0.2, 0.25) is 0 Å². The Morgan fingerprint density at radius 3 is 2.47 bits per heavy atom. The van der Waals surface area contributed by atoms with Gasteiger partial charge in [-0.25, -0.2) is 0 Å². The number of nitrogens with one attached hydrogen (secondary N) is 1. The lowest BCUT2D eigenvalue weighted by molar-refractivity contribution is 0.302. The third-order valence-electron chi connectivity index (χ3n) is 2.14. The smallest absolute Gasteiger partial charge is 0.0923 e. The van der Waals surface area contributed by atoms with Crippen LogP contribution in [-0.4, -0.2) is 30.6 Å². The molecule has 0 atom stereocenters. The molecule has 0 amide bonds. The van der Waals surface area contributed by atoms with E-state index in [9.17, 15) is 0 Å². The lowest BCUT2D eigenvalue weighted by Gasteiger charge is -2.23. The maximum absolute atomic E-state index is 8.94. The van der Waals surface area contributed by atoms with Gasteiger partial charge in [-0.05, 0) is 12.1 Å². The minimum atomic E-state index is 0.104. The molecular weight excluding hydrogens is 190 g/mol. The summed E-state index contributed by atoms with van der Waals surface area (Å²) in [6, 6.07) is 9.82. The zero-order valence-electron chi connectivity index (χ0n) is 8.69. The number of hydrogen-bond acceptors (Lipinski definition) is 3. The van der Waals surface area contributed by atoms with Crippen LogP contribution in [0, 0.1) is 5.41 Å². The molecule has 4 nitrogen and oxygen atoms in total. The summed E-state index contributed by atoms with van der Waals surface area (Å²) in [5.74, 6) is 0.175. The van der Waals surface area contributed by atoms with Crippen molar-refractivity contribution in [2.24, 2.45) is 5.73 Å². The molecule has 0 bridgehead atoms. The number of rotatable bonds is 6. The van der Waals surface area contributed by atoms with Crippen LogP contribution in [0.1, 0.15) is 6.42 Å². The van der Waals surface area contributed by atoms with Gasteiger partial charge in [-0.3, -0.25) is 5.41 Å². The van der Waals surface area contributed by atoms with E-state index in [1.165, 1.54) is 0 Å². The van der Waals surface area contributed by atoms with Gasteiger partial charge in [-0.1, -0.05) is 18.2 Å². The van der Waals surface area contributed by atoms with E-state index in [-0.39, 0.29) is 12.4 Å². The normalized spacial score (nSPS) is 9.93. The van der Waals surface area contributed by atoms with Gasteiger partial charge >= 0.3 is 0 Å². The Labute approximate surface area is 89.8 Å². The average Bonchev–Trinajstić information content (AvgIpc) is 2.25. The molecule has 0 aliphatic heterocycles. The van der Waals surface area contributed by atoms with Gasteiger partial charge in [0.05, 0.1) is 12.4 Å². The summed E-state index contributed by atoms with van der Waals surface area (Å²) in [7, 11) is 0. The summed E-state index contributed by atoms with van der Waals surface area (Å²) in [6.45, 7) is 1.34. The zero-order valence-corrected chi connectivity index (χ0v) is 8.69. The molecule has 0 saturated carbocycles. The van der Waals surface area contributed by atoms with E-state index < -0.39 is 0 Å². The van der Waals surface area contributed by atoms with Crippen molar-refractivity contribution in [2.45, 2.75) is 6.42 Å². The third kappa shape index (κ3) is 3.99. The predicted molar refractivity (Wildman–Crippen MR) is 62.3 cm³/mol. The van der Waals surface area contributed by atoms with E-state index in [1.54, 1.807) is 0 Å². The molecule has 4 N–H and O–H groups in total. The van der Waals surface area contributed by atoms with Crippen LogP contribution >= 0.6 is 0 Å². The van der Waals surface area contributed by atoms with E-state index in [0.29, 0.717) is 19.5 Å². The lowest BCUT2D eigenvalue weighted by atomic mass is 10.2. The quantitative estimate of drug-likeness (QED) is 0.477. The second kappa shape index (κ2) is 6.03. The lowest BCUT2D eigenvalue weighted by Crippen LogP contribution is -2.30. The highest BCUT2D eigenvalue weighted by Crippen LogP contribution is 2.12. The predicted octanol–water partition coefficient (Wildman–Crippen LogP) is 0.811. The first-order chi connectivity index (χ1) is 7.24. The van der Waals surface area contributed by atoms with Gasteiger partial charge in [-0.2, -0.15) is 0 Å². The monoisotopic (exact) mass is 207 g/mol. The summed E-state index contributed by atoms with van der Waals surface area (Å²) in [5, 5.41) is 16.1. The van der Waals surface area contributed by atoms with E-state index in [2.05, 4.69) is 0 Å². The second-order valence-electron chi connectivity index (χ2n) is 3.32. The Balaban J connectivity index is 2.61. The molecule has 1 aromatic carbocycles. The maximum Gasteiger partial charge on any atom is 0.0923 e. The van der Waals surface area contributed by atoms with E-state index in [1.807, 2.05) is 35.2 Å². The molecule has 0 aliphatic rings. The van der Waals surface area contributed by atoms with Crippen molar-refractivity contribution in [1.82, 2.24) is 0 Å². The molecule has 0 aromatic heterocycles. The van der Waals surface area contributed by atoms with Crippen LogP contribution in [-0.2, 0) is 0 Å². The molecule has 0 spiro atoms. The number of aliphatic hydroxyl groups is 1. The van der Waals surface area contributed by atoms with Crippen LogP contribution < -0.4 is 10.6 Å². The summed E-state index contributed by atoms with van der Waals surface area (Å²) < 4.78 is 0. The molecule has 0 heterocycles. The molecular formula is C11H17N3O. The molecule has 1 aromatic rings. The Bertz CT molecular complexity index is 300. The van der Waals surface area contributed by atoms with Crippen LogP contribution in [0.25, 0.3) is 0 Å². The molecule has 0 radical (unpaired) electrons. The molecule has 0 aliphatic carbocycles. The third-order valence-corrected chi connectivity index (χ3v) is 2.14. The first-order valence-corrected chi connectivity index (χ1v) is 4.98. The average molecular weight is 207 g/mol.